The number of hydrogen-bond donors (Lipinski definition) is 1. The number of carbonyl (C=O) groups excluding carboxylic acids is 2. The molecule has 1 aliphatic heterocycles. The molecule has 0 saturated heterocycles. The molecule has 4 nitrogen and oxygen atoms in total. The zero-order valence-corrected chi connectivity index (χ0v) is 16.7. The summed E-state index contributed by atoms with van der Waals surface area (Å²) in [5.74, 6) is -0.0642. The monoisotopic (exact) mass is 361 g/mol. The third kappa shape index (κ3) is 4.59. The molecule has 2 rings (SSSR count). The second-order valence-electron chi connectivity index (χ2n) is 8.61. The summed E-state index contributed by atoms with van der Waals surface area (Å²) < 4.78 is 0. The average molecular weight is 362 g/mol. The zero-order chi connectivity index (χ0) is 19.0. The summed E-state index contributed by atoms with van der Waals surface area (Å²) in [6, 6.07) is 7.48. The number of aliphatic hydroxyl groups is 1. The Bertz CT molecular complexity index is 725. The van der Waals surface area contributed by atoms with Crippen molar-refractivity contribution >= 4 is 34.7 Å². The SMILES string of the molecule is CC(C)(C)C(=O)CC1=Nc2ccccc2S[C@@]1(O)CC(=O)C(C)(C)C. The molecule has 1 aliphatic rings. The largest absolute Gasteiger partial charge is 0.373 e. The quantitative estimate of drug-likeness (QED) is 0.853. The van der Waals surface area contributed by atoms with Crippen LogP contribution in [0.5, 0.6) is 0 Å². The second kappa shape index (κ2) is 6.69. The molecule has 0 aliphatic carbocycles. The van der Waals surface area contributed by atoms with Crippen LogP contribution >= 0.6 is 11.8 Å². The van der Waals surface area contributed by atoms with Crippen LogP contribution in [0.1, 0.15) is 54.4 Å². The number of hydrogen-bond acceptors (Lipinski definition) is 5. The molecule has 1 atom stereocenters. The second-order valence-corrected chi connectivity index (χ2v) is 9.93. The van der Waals surface area contributed by atoms with Crippen LogP contribution in [0.2, 0.25) is 0 Å². The Balaban J connectivity index is 2.42. The van der Waals surface area contributed by atoms with E-state index >= 15 is 0 Å². The Morgan fingerprint density at radius 1 is 1.04 bits per heavy atom. The smallest absolute Gasteiger partial charge is 0.160 e. The Morgan fingerprint density at radius 3 is 2.16 bits per heavy atom. The number of fused-ring (bicyclic) bond motifs is 1. The van der Waals surface area contributed by atoms with Crippen LogP contribution in [0.15, 0.2) is 34.2 Å². The molecule has 5 heteroatoms. The molecule has 136 valence electrons. The minimum absolute atomic E-state index is 0.00661. The van der Waals surface area contributed by atoms with E-state index in [2.05, 4.69) is 4.99 Å². The van der Waals surface area contributed by atoms with Gasteiger partial charge in [-0.05, 0) is 12.1 Å². The first-order valence-corrected chi connectivity index (χ1v) is 9.30. The number of aliphatic imine (C=N–C) groups is 1. The number of ketones is 2. The van der Waals surface area contributed by atoms with Crippen molar-refractivity contribution in [3.05, 3.63) is 24.3 Å². The van der Waals surface area contributed by atoms with Crippen LogP contribution in [0, 0.1) is 10.8 Å². The van der Waals surface area contributed by atoms with Crippen molar-refractivity contribution in [1.82, 2.24) is 0 Å². The van der Waals surface area contributed by atoms with Gasteiger partial charge in [-0.1, -0.05) is 65.4 Å². The van der Waals surface area contributed by atoms with Gasteiger partial charge in [-0.3, -0.25) is 14.6 Å². The fourth-order valence-electron chi connectivity index (χ4n) is 2.33. The lowest BCUT2D eigenvalue weighted by molar-refractivity contribution is -0.128. The summed E-state index contributed by atoms with van der Waals surface area (Å²) in [5.41, 5.74) is 0.0108. The Labute approximate surface area is 154 Å². The van der Waals surface area contributed by atoms with Crippen LogP contribution in [0.4, 0.5) is 5.69 Å². The van der Waals surface area contributed by atoms with Crippen LogP contribution in [-0.4, -0.2) is 27.3 Å². The molecule has 1 N–H and O–H groups in total. The summed E-state index contributed by atoms with van der Waals surface area (Å²) in [6.07, 6.45) is -0.0233. The summed E-state index contributed by atoms with van der Waals surface area (Å²) in [6.45, 7) is 11.0. The summed E-state index contributed by atoms with van der Waals surface area (Å²) >= 11 is 1.22. The minimum atomic E-state index is -1.49. The molecule has 0 unspecified atom stereocenters. The fourth-order valence-corrected chi connectivity index (χ4v) is 3.49. The molecule has 0 saturated carbocycles. The molecule has 1 aromatic rings. The van der Waals surface area contributed by atoms with Gasteiger partial charge in [-0.2, -0.15) is 0 Å². The molecule has 1 aromatic carbocycles. The topological polar surface area (TPSA) is 66.7 Å². The third-order valence-electron chi connectivity index (χ3n) is 4.25. The van der Waals surface area contributed by atoms with Crippen molar-refractivity contribution in [1.29, 1.82) is 0 Å². The van der Waals surface area contributed by atoms with E-state index in [1.165, 1.54) is 11.8 Å². The van der Waals surface area contributed by atoms with E-state index in [9.17, 15) is 14.7 Å². The van der Waals surface area contributed by atoms with Gasteiger partial charge in [0.25, 0.3) is 0 Å². The molecule has 0 amide bonds. The van der Waals surface area contributed by atoms with Gasteiger partial charge in [-0.25, -0.2) is 0 Å². The zero-order valence-electron chi connectivity index (χ0n) is 15.8. The maximum absolute atomic E-state index is 12.6. The van der Waals surface area contributed by atoms with Gasteiger partial charge in [0.05, 0.1) is 17.8 Å². The van der Waals surface area contributed by atoms with Gasteiger partial charge in [0.1, 0.15) is 11.6 Å². The Hall–Kier alpha value is -1.46. The normalized spacial score (nSPS) is 20.7. The highest BCUT2D eigenvalue weighted by atomic mass is 32.2. The van der Waals surface area contributed by atoms with Gasteiger partial charge in [-0.15, -0.1) is 0 Å². The first-order valence-electron chi connectivity index (χ1n) is 8.48. The van der Waals surface area contributed by atoms with Gasteiger partial charge < -0.3 is 5.11 Å². The molecule has 25 heavy (non-hydrogen) atoms. The van der Waals surface area contributed by atoms with Crippen molar-refractivity contribution in [2.75, 3.05) is 0 Å². The van der Waals surface area contributed by atoms with Crippen molar-refractivity contribution in [3.63, 3.8) is 0 Å². The van der Waals surface area contributed by atoms with Gasteiger partial charge in [0.2, 0.25) is 0 Å². The molecule has 0 bridgehead atoms. The van der Waals surface area contributed by atoms with Crippen LogP contribution < -0.4 is 0 Å². The highest BCUT2D eigenvalue weighted by Gasteiger charge is 2.43. The average Bonchev–Trinajstić information content (AvgIpc) is 2.45. The number of nitrogens with zero attached hydrogens (tertiary/aromatic N) is 1. The fraction of sp³-hybridized carbons (Fsp3) is 0.550. The van der Waals surface area contributed by atoms with Crippen LogP contribution in [0.25, 0.3) is 0 Å². The highest BCUT2D eigenvalue weighted by molar-refractivity contribution is 8.01. The number of para-hydroxylation sites is 1. The van der Waals surface area contributed by atoms with Gasteiger partial charge >= 0.3 is 0 Å². The highest BCUT2D eigenvalue weighted by Crippen LogP contribution is 2.46. The number of thioether (sulfide) groups is 1. The number of Topliss-reactive ketones (excluding diaryl/α,β-unsaturated/α-hetero) is 2. The molecule has 0 fully saturated rings. The predicted octanol–water partition coefficient (Wildman–Crippen LogP) is 4.56. The standard InChI is InChI=1S/C20H27NO3S/c1-18(2,3)16(22)11-15-20(24,12-17(23)19(4,5)6)25-14-10-8-7-9-13(14)21-15/h7-10,24H,11-12H2,1-6H3/t20-/m0/s1. The first kappa shape index (κ1) is 19.9. The van der Waals surface area contributed by atoms with E-state index in [-0.39, 0.29) is 24.4 Å². The van der Waals surface area contributed by atoms with Crippen molar-refractivity contribution < 1.29 is 14.7 Å². The molecule has 1 heterocycles. The molecular formula is C20H27NO3S. The predicted molar refractivity (Wildman–Crippen MR) is 103 cm³/mol. The number of benzene rings is 1. The first-order chi connectivity index (χ1) is 11.3. The van der Waals surface area contributed by atoms with Crippen molar-refractivity contribution in [2.24, 2.45) is 15.8 Å². The molecule has 0 spiro atoms. The lowest BCUT2D eigenvalue weighted by Crippen LogP contribution is -2.43. The minimum Gasteiger partial charge on any atom is -0.373 e. The Kier molecular flexibility index (Phi) is 5.31. The van der Waals surface area contributed by atoms with Crippen LogP contribution in [-0.2, 0) is 9.59 Å². The van der Waals surface area contributed by atoms with E-state index in [0.717, 1.165) is 10.6 Å². The van der Waals surface area contributed by atoms with Crippen molar-refractivity contribution in [2.45, 2.75) is 64.2 Å². The molecule has 0 radical (unpaired) electrons. The summed E-state index contributed by atoms with van der Waals surface area (Å²) in [4.78, 5) is 29.0. The van der Waals surface area contributed by atoms with Crippen molar-refractivity contribution in [3.8, 4) is 0 Å². The maximum atomic E-state index is 12.6. The van der Waals surface area contributed by atoms with E-state index in [1.54, 1.807) is 0 Å². The molecule has 0 aromatic heterocycles. The van der Waals surface area contributed by atoms with Crippen LogP contribution in [0.3, 0.4) is 0 Å². The number of rotatable bonds is 4. The summed E-state index contributed by atoms with van der Waals surface area (Å²) in [7, 11) is 0. The summed E-state index contributed by atoms with van der Waals surface area (Å²) in [5, 5.41) is 11.3. The van der Waals surface area contributed by atoms with E-state index in [1.807, 2.05) is 65.8 Å². The van der Waals surface area contributed by atoms with E-state index < -0.39 is 15.8 Å². The van der Waals surface area contributed by atoms with E-state index in [4.69, 9.17) is 0 Å². The molecular weight excluding hydrogens is 334 g/mol. The van der Waals surface area contributed by atoms with Gasteiger partial charge in [0.15, 0.2) is 4.93 Å². The maximum Gasteiger partial charge on any atom is 0.160 e. The lowest BCUT2D eigenvalue weighted by atomic mass is 9.83. The third-order valence-corrected chi connectivity index (χ3v) is 5.53. The number of carbonyl (C=O) groups is 2. The van der Waals surface area contributed by atoms with E-state index in [0.29, 0.717) is 5.71 Å². The lowest BCUT2D eigenvalue weighted by Gasteiger charge is -2.35. The van der Waals surface area contributed by atoms with Gasteiger partial charge in [0, 0.05) is 22.1 Å². The Morgan fingerprint density at radius 2 is 1.60 bits per heavy atom.